The van der Waals surface area contributed by atoms with E-state index in [-0.39, 0.29) is 5.11 Å². The number of hydrogen-bond acceptors (Lipinski definition) is 6. The third kappa shape index (κ3) is 4.93. The van der Waals surface area contributed by atoms with E-state index in [1.807, 2.05) is 0 Å². The summed E-state index contributed by atoms with van der Waals surface area (Å²) in [7, 11) is 4.45. The number of methoxy groups -OCH3 is 3. The number of nitrogens with one attached hydrogen (secondary N) is 2. The van der Waals surface area contributed by atoms with Gasteiger partial charge in [-0.25, -0.2) is 4.79 Å². The van der Waals surface area contributed by atoms with Gasteiger partial charge in [0, 0.05) is 17.3 Å². The molecular formula is C18H19N3O4S. The molecule has 0 aliphatic heterocycles. The molecule has 0 aliphatic rings. The number of ether oxygens (including phenoxy) is 3. The molecule has 2 N–H and O–H groups in total. The SMILES string of the molecule is COC(=O)c1ccccc1/C=N\NC(=S)Nc1ccc(OC)c(OC)c1. The molecule has 0 unspecified atom stereocenters. The van der Waals surface area contributed by atoms with E-state index in [0.29, 0.717) is 28.3 Å². The van der Waals surface area contributed by atoms with Crippen LogP contribution < -0.4 is 20.2 Å². The number of hydrogen-bond donors (Lipinski definition) is 2. The molecule has 0 heterocycles. The van der Waals surface area contributed by atoms with Gasteiger partial charge < -0.3 is 19.5 Å². The van der Waals surface area contributed by atoms with Crippen molar-refractivity contribution in [1.82, 2.24) is 5.43 Å². The minimum Gasteiger partial charge on any atom is -0.493 e. The highest BCUT2D eigenvalue weighted by atomic mass is 32.1. The Morgan fingerprint density at radius 1 is 1.08 bits per heavy atom. The number of hydrazone groups is 1. The van der Waals surface area contributed by atoms with Gasteiger partial charge in [-0.05, 0) is 30.4 Å². The van der Waals surface area contributed by atoms with Crippen molar-refractivity contribution in [2.75, 3.05) is 26.6 Å². The molecule has 136 valence electrons. The fourth-order valence-electron chi connectivity index (χ4n) is 2.14. The largest absolute Gasteiger partial charge is 0.493 e. The molecule has 0 spiro atoms. The second-order valence-corrected chi connectivity index (χ2v) is 5.38. The van der Waals surface area contributed by atoms with Crippen molar-refractivity contribution in [1.29, 1.82) is 0 Å². The van der Waals surface area contributed by atoms with Crippen LogP contribution in [-0.2, 0) is 4.74 Å². The van der Waals surface area contributed by atoms with Crippen LogP contribution in [0.2, 0.25) is 0 Å². The molecule has 0 fully saturated rings. The number of esters is 1. The highest BCUT2D eigenvalue weighted by Crippen LogP contribution is 2.29. The van der Waals surface area contributed by atoms with Crippen molar-refractivity contribution in [3.63, 3.8) is 0 Å². The van der Waals surface area contributed by atoms with Gasteiger partial charge in [0.1, 0.15) is 0 Å². The Balaban J connectivity index is 2.01. The summed E-state index contributed by atoms with van der Waals surface area (Å²) >= 11 is 5.20. The fraction of sp³-hybridized carbons (Fsp3) is 0.167. The molecule has 0 saturated carbocycles. The Morgan fingerprint density at radius 3 is 2.50 bits per heavy atom. The molecule has 2 rings (SSSR count). The number of anilines is 1. The highest BCUT2D eigenvalue weighted by Gasteiger charge is 2.09. The summed E-state index contributed by atoms with van der Waals surface area (Å²) in [6, 6.07) is 12.3. The van der Waals surface area contributed by atoms with Crippen LogP contribution >= 0.6 is 12.2 Å². The molecule has 0 bridgehead atoms. The fourth-order valence-corrected chi connectivity index (χ4v) is 2.31. The summed E-state index contributed by atoms with van der Waals surface area (Å²) in [6.07, 6.45) is 1.49. The lowest BCUT2D eigenvalue weighted by atomic mass is 10.1. The first-order valence-electron chi connectivity index (χ1n) is 7.58. The molecule has 0 radical (unpaired) electrons. The Kier molecular flexibility index (Phi) is 6.92. The molecule has 0 amide bonds. The van der Waals surface area contributed by atoms with E-state index < -0.39 is 5.97 Å². The van der Waals surface area contributed by atoms with Gasteiger partial charge in [0.15, 0.2) is 16.6 Å². The maximum atomic E-state index is 11.7. The third-order valence-corrected chi connectivity index (χ3v) is 3.57. The van der Waals surface area contributed by atoms with E-state index in [1.54, 1.807) is 56.7 Å². The van der Waals surface area contributed by atoms with Gasteiger partial charge >= 0.3 is 5.97 Å². The number of benzene rings is 2. The van der Waals surface area contributed by atoms with E-state index in [0.717, 1.165) is 0 Å². The average Bonchev–Trinajstić information content (AvgIpc) is 2.67. The van der Waals surface area contributed by atoms with E-state index in [2.05, 4.69) is 15.8 Å². The summed E-state index contributed by atoms with van der Waals surface area (Å²) in [5, 5.41) is 7.31. The summed E-state index contributed by atoms with van der Waals surface area (Å²) in [6.45, 7) is 0. The molecule has 0 saturated heterocycles. The van der Waals surface area contributed by atoms with Gasteiger partial charge in [-0.2, -0.15) is 5.10 Å². The quantitative estimate of drug-likeness (QED) is 0.349. The molecule has 0 aliphatic carbocycles. The van der Waals surface area contributed by atoms with Gasteiger partial charge in [0.05, 0.1) is 33.1 Å². The zero-order valence-corrected chi connectivity index (χ0v) is 15.4. The van der Waals surface area contributed by atoms with Crippen molar-refractivity contribution < 1.29 is 19.0 Å². The maximum absolute atomic E-state index is 11.7. The van der Waals surface area contributed by atoms with E-state index in [1.165, 1.54) is 13.3 Å². The summed E-state index contributed by atoms with van der Waals surface area (Å²) in [5.74, 6) is 0.767. The monoisotopic (exact) mass is 373 g/mol. The molecule has 2 aromatic rings. The first kappa shape index (κ1) is 19.2. The van der Waals surface area contributed by atoms with Crippen LogP contribution in [0.3, 0.4) is 0 Å². The number of rotatable bonds is 6. The van der Waals surface area contributed by atoms with Crippen molar-refractivity contribution in [3.05, 3.63) is 53.6 Å². The number of nitrogens with zero attached hydrogens (tertiary/aromatic N) is 1. The van der Waals surface area contributed by atoms with E-state index in [4.69, 9.17) is 26.4 Å². The zero-order chi connectivity index (χ0) is 18.9. The van der Waals surface area contributed by atoms with E-state index >= 15 is 0 Å². The smallest absolute Gasteiger partial charge is 0.338 e. The van der Waals surface area contributed by atoms with Crippen LogP contribution in [0.15, 0.2) is 47.6 Å². The first-order chi connectivity index (χ1) is 12.6. The van der Waals surface area contributed by atoms with Crippen molar-refractivity contribution in [3.8, 4) is 11.5 Å². The third-order valence-electron chi connectivity index (χ3n) is 3.38. The van der Waals surface area contributed by atoms with Gasteiger partial charge in [-0.1, -0.05) is 18.2 Å². The Morgan fingerprint density at radius 2 is 1.81 bits per heavy atom. The van der Waals surface area contributed by atoms with Crippen LogP contribution in [0.5, 0.6) is 11.5 Å². The van der Waals surface area contributed by atoms with Crippen LogP contribution in [-0.4, -0.2) is 38.6 Å². The molecule has 2 aromatic carbocycles. The first-order valence-corrected chi connectivity index (χ1v) is 7.99. The van der Waals surface area contributed by atoms with Crippen molar-refractivity contribution >= 4 is 35.2 Å². The number of carbonyl (C=O) groups is 1. The second-order valence-electron chi connectivity index (χ2n) is 4.97. The average molecular weight is 373 g/mol. The summed E-state index contributed by atoms with van der Waals surface area (Å²) in [5.41, 5.74) is 4.44. The Labute approximate surface area is 157 Å². The van der Waals surface area contributed by atoms with Gasteiger partial charge in [0.25, 0.3) is 0 Å². The lowest BCUT2D eigenvalue weighted by Gasteiger charge is -2.11. The van der Waals surface area contributed by atoms with Crippen molar-refractivity contribution in [2.45, 2.75) is 0 Å². The van der Waals surface area contributed by atoms with Crippen LogP contribution in [0, 0.1) is 0 Å². The molecule has 0 aromatic heterocycles. The summed E-state index contributed by atoms with van der Waals surface area (Å²) < 4.78 is 15.2. The molecule has 0 atom stereocenters. The minimum absolute atomic E-state index is 0.281. The summed E-state index contributed by atoms with van der Waals surface area (Å²) in [4.78, 5) is 11.7. The Hall–Kier alpha value is -3.13. The highest BCUT2D eigenvalue weighted by molar-refractivity contribution is 7.80. The normalized spacial score (nSPS) is 10.3. The lowest BCUT2D eigenvalue weighted by Crippen LogP contribution is -2.24. The predicted octanol–water partition coefficient (Wildman–Crippen LogP) is 2.81. The molecular weight excluding hydrogens is 354 g/mol. The van der Waals surface area contributed by atoms with Crippen LogP contribution in [0.1, 0.15) is 15.9 Å². The van der Waals surface area contributed by atoms with Gasteiger partial charge in [0.2, 0.25) is 0 Å². The minimum atomic E-state index is -0.432. The molecule has 7 nitrogen and oxygen atoms in total. The number of thiocarbonyl (C=S) groups is 1. The predicted molar refractivity (Wildman–Crippen MR) is 104 cm³/mol. The van der Waals surface area contributed by atoms with Gasteiger partial charge in [-0.3, -0.25) is 5.43 Å². The van der Waals surface area contributed by atoms with E-state index in [9.17, 15) is 4.79 Å². The van der Waals surface area contributed by atoms with Crippen LogP contribution in [0.4, 0.5) is 5.69 Å². The second kappa shape index (κ2) is 9.38. The van der Waals surface area contributed by atoms with Crippen LogP contribution in [0.25, 0.3) is 0 Å². The topological polar surface area (TPSA) is 81.2 Å². The molecule has 26 heavy (non-hydrogen) atoms. The van der Waals surface area contributed by atoms with Gasteiger partial charge in [-0.15, -0.1) is 0 Å². The zero-order valence-electron chi connectivity index (χ0n) is 14.6. The Bertz CT molecular complexity index is 824. The standard InChI is InChI=1S/C18H19N3O4S/c1-23-15-9-8-13(10-16(15)24-2)20-18(26)21-19-11-12-6-4-5-7-14(12)17(22)25-3/h4-11H,1-3H3,(H2,20,21,26)/b19-11-. The maximum Gasteiger partial charge on any atom is 0.338 e. The number of carbonyl (C=O) groups excluding carboxylic acids is 1. The van der Waals surface area contributed by atoms with Crippen molar-refractivity contribution in [2.24, 2.45) is 5.10 Å². The lowest BCUT2D eigenvalue weighted by molar-refractivity contribution is 0.0600. The molecule has 8 heteroatoms.